The van der Waals surface area contributed by atoms with Gasteiger partial charge in [0.05, 0.1) is 0 Å². The Balaban J connectivity index is 0.000000540. The molecule has 0 N–H and O–H groups in total. The molecule has 0 bridgehead atoms. The van der Waals surface area contributed by atoms with Gasteiger partial charge in [-0.15, -0.1) is 0 Å². The van der Waals surface area contributed by atoms with Gasteiger partial charge in [0.2, 0.25) is 0 Å². The van der Waals surface area contributed by atoms with Crippen LogP contribution >= 0.6 is 0 Å². The number of hydrogen-bond donors (Lipinski definition) is 0. The molecule has 2 aliphatic heterocycles. The maximum Gasteiger partial charge on any atom is -1.00 e. The minimum absolute atomic E-state index is 0. The van der Waals surface area contributed by atoms with Crippen molar-refractivity contribution in [3.63, 3.8) is 0 Å². The van der Waals surface area contributed by atoms with Gasteiger partial charge < -0.3 is 24.8 Å². The van der Waals surface area contributed by atoms with Crippen LogP contribution in [0.4, 0.5) is 0 Å². The van der Waals surface area contributed by atoms with Crippen molar-refractivity contribution in [3.05, 3.63) is 43.0 Å². The molecular formula is C14H18Cl2Zr. The van der Waals surface area contributed by atoms with Crippen LogP contribution in [-0.4, -0.2) is 0 Å². The van der Waals surface area contributed by atoms with Gasteiger partial charge in [-0.3, -0.25) is 0 Å². The summed E-state index contributed by atoms with van der Waals surface area (Å²) in [6.45, 7) is 0. The summed E-state index contributed by atoms with van der Waals surface area (Å²) in [5.74, 6) is 0. The van der Waals surface area contributed by atoms with Crippen molar-refractivity contribution in [2.24, 2.45) is 0 Å². The molecule has 0 radical (unpaired) electrons. The van der Waals surface area contributed by atoms with Crippen LogP contribution in [0.5, 0.6) is 0 Å². The summed E-state index contributed by atoms with van der Waals surface area (Å²) in [4.78, 5) is 0. The van der Waals surface area contributed by atoms with Crippen molar-refractivity contribution >= 4 is 0 Å². The Morgan fingerprint density at radius 1 is 0.706 bits per heavy atom. The van der Waals surface area contributed by atoms with Crippen molar-refractivity contribution in [2.45, 2.75) is 29.4 Å². The fraction of sp³-hybridized carbons (Fsp3) is 0.429. The maximum absolute atomic E-state index is 2.74. The van der Waals surface area contributed by atoms with Crippen LogP contribution in [0, 0.1) is 0 Å². The molecule has 17 heavy (non-hydrogen) atoms. The van der Waals surface area contributed by atoms with Crippen LogP contribution in [-0.2, 0) is 17.3 Å². The van der Waals surface area contributed by atoms with Crippen molar-refractivity contribution in [2.75, 3.05) is 0 Å². The van der Waals surface area contributed by atoms with Crippen LogP contribution in [0.3, 0.4) is 0 Å². The average molecular weight is 348 g/mol. The third kappa shape index (κ3) is 1.24. The molecule has 0 aromatic heterocycles. The summed E-state index contributed by atoms with van der Waals surface area (Å²) in [7, 11) is 0. The summed E-state index contributed by atoms with van der Waals surface area (Å²) < 4.78 is 10.4. The Morgan fingerprint density at radius 2 is 1.12 bits per heavy atom. The molecule has 0 unspecified atom stereocenters. The first-order valence-corrected chi connectivity index (χ1v) is 15.8. The first-order chi connectivity index (χ1) is 7.26. The number of allylic oxidation sites excluding steroid dienone is 8. The Hall–Kier alpha value is 0.423. The van der Waals surface area contributed by atoms with Gasteiger partial charge in [0, 0.05) is 0 Å². The molecule has 1 spiro atoms. The van der Waals surface area contributed by atoms with Crippen LogP contribution in [0.2, 0.25) is 16.5 Å². The molecule has 3 heteroatoms. The zero-order valence-corrected chi connectivity index (χ0v) is 13.9. The molecule has 2 fully saturated rings. The van der Waals surface area contributed by atoms with E-state index in [-0.39, 0.29) is 24.8 Å². The smallest absolute Gasteiger partial charge is 1.00 e. The average Bonchev–Trinajstić information content (AvgIpc) is 2.97. The van der Waals surface area contributed by atoms with Gasteiger partial charge in [0.1, 0.15) is 0 Å². The van der Waals surface area contributed by atoms with E-state index in [1.54, 1.807) is 16.5 Å². The fourth-order valence-corrected chi connectivity index (χ4v) is 42.1. The van der Waals surface area contributed by atoms with Crippen LogP contribution in [0.1, 0.15) is 12.8 Å². The second-order valence-electron chi connectivity index (χ2n) is 6.69. The van der Waals surface area contributed by atoms with E-state index in [0.29, 0.717) is 0 Å². The molecule has 0 nitrogen and oxygen atoms in total. The van der Waals surface area contributed by atoms with Gasteiger partial charge >= 0.3 is 89.7 Å². The van der Waals surface area contributed by atoms with E-state index in [9.17, 15) is 0 Å². The third-order valence-corrected chi connectivity index (χ3v) is 33.3. The number of halogens is 2. The Kier molecular flexibility index (Phi) is 2.85. The molecule has 0 atom stereocenters. The summed E-state index contributed by atoms with van der Waals surface area (Å²) in [6.07, 6.45) is 17.0. The predicted molar refractivity (Wildman–Crippen MR) is 62.9 cm³/mol. The number of rotatable bonds is 2. The van der Waals surface area contributed by atoms with Gasteiger partial charge in [-0.05, 0) is 0 Å². The molecule has 92 valence electrons. The summed E-state index contributed by atoms with van der Waals surface area (Å²) in [6, 6.07) is 0. The normalized spacial score (nSPS) is 31.1. The van der Waals surface area contributed by atoms with E-state index in [2.05, 4.69) is 36.5 Å². The Labute approximate surface area is 114 Å². The monoisotopic (exact) mass is 346 g/mol. The minimum Gasteiger partial charge on any atom is -1.00 e. The van der Waals surface area contributed by atoms with E-state index < -0.39 is 17.3 Å². The topological polar surface area (TPSA) is 0 Å². The van der Waals surface area contributed by atoms with E-state index in [4.69, 9.17) is 0 Å². The minimum atomic E-state index is -2.74. The standard InChI is InChI=1S/2C5H5.2C2H4.2ClH.Zr/c2*1-2-4-5-3-1;2*1-2;;;/h2*1-3H,4H2;2*1-2H2;2*1H;/q;;;;;;+2/p-2. The molecule has 2 heterocycles. The van der Waals surface area contributed by atoms with Crippen molar-refractivity contribution in [3.8, 4) is 0 Å². The molecule has 0 saturated carbocycles. The first kappa shape index (κ1) is 13.8. The van der Waals surface area contributed by atoms with Crippen molar-refractivity contribution in [1.29, 1.82) is 0 Å². The van der Waals surface area contributed by atoms with Gasteiger partial charge in [0.25, 0.3) is 0 Å². The first-order valence-electron chi connectivity index (χ1n) is 6.35. The second kappa shape index (κ2) is 3.50. The summed E-state index contributed by atoms with van der Waals surface area (Å²) in [5.41, 5.74) is 0. The maximum atomic E-state index is 2.50. The zero-order chi connectivity index (χ0) is 10.0. The molecule has 4 aliphatic rings. The van der Waals surface area contributed by atoms with Gasteiger partial charge in [0.15, 0.2) is 0 Å². The molecule has 2 saturated heterocycles. The van der Waals surface area contributed by atoms with Gasteiger partial charge in [-0.2, -0.15) is 0 Å². The van der Waals surface area contributed by atoms with Crippen molar-refractivity contribution in [1.82, 2.24) is 0 Å². The summed E-state index contributed by atoms with van der Waals surface area (Å²) in [5, 5.41) is 0. The van der Waals surface area contributed by atoms with E-state index in [1.165, 1.54) is 12.8 Å². The van der Waals surface area contributed by atoms with Gasteiger partial charge in [-0.1, -0.05) is 0 Å². The predicted octanol–water partition coefficient (Wildman–Crippen LogP) is -1.39. The molecule has 0 amide bonds. The van der Waals surface area contributed by atoms with E-state index in [0.717, 1.165) is 0 Å². The Morgan fingerprint density at radius 3 is 1.35 bits per heavy atom. The molecule has 0 aromatic rings. The Bertz CT molecular complexity index is 441. The SMILES string of the molecule is C1=CC[C]([Zr+2]23([C]4=CC=CC4)([CH2][CH2]2)[CH2][CH2]3)=C1.[Cl-].[Cl-]. The van der Waals surface area contributed by atoms with E-state index in [1.807, 2.05) is 6.56 Å². The zero-order valence-electron chi connectivity index (χ0n) is 9.96. The van der Waals surface area contributed by atoms with Crippen molar-refractivity contribution < 1.29 is 42.1 Å². The third-order valence-electron chi connectivity index (χ3n) is 6.59. The molecule has 0 aromatic carbocycles. The fourth-order valence-electron chi connectivity index (χ4n) is 4.72. The summed E-state index contributed by atoms with van der Waals surface area (Å²) >= 11 is -2.74. The quantitative estimate of drug-likeness (QED) is 0.576. The molecular weight excluding hydrogens is 330 g/mol. The second-order valence-corrected chi connectivity index (χ2v) is 29.7. The van der Waals surface area contributed by atoms with Gasteiger partial charge in [-0.25, -0.2) is 0 Å². The largest absolute Gasteiger partial charge is 1.00 e. The van der Waals surface area contributed by atoms with Crippen LogP contribution < -0.4 is 24.8 Å². The molecule has 2 aliphatic carbocycles. The number of hydrogen-bond acceptors (Lipinski definition) is 0. The van der Waals surface area contributed by atoms with Crippen LogP contribution in [0.25, 0.3) is 0 Å². The van der Waals surface area contributed by atoms with E-state index >= 15 is 0 Å². The van der Waals surface area contributed by atoms with Crippen LogP contribution in [0.15, 0.2) is 43.0 Å². The molecule has 4 rings (SSSR count).